The third-order valence-corrected chi connectivity index (χ3v) is 8.35. The fraction of sp³-hybridized carbons (Fsp3) is 0.417. The average Bonchev–Trinajstić information content (AvgIpc) is 3.16. The van der Waals surface area contributed by atoms with Gasteiger partial charge in [-0.05, 0) is 69.5 Å². The molecule has 0 nitrogen and oxygen atoms in total. The summed E-state index contributed by atoms with van der Waals surface area (Å²) in [5.41, 5.74) is 7.29. The van der Waals surface area contributed by atoms with E-state index >= 15 is 0 Å². The van der Waals surface area contributed by atoms with Gasteiger partial charge in [0.2, 0.25) is 0 Å². The van der Waals surface area contributed by atoms with Crippen molar-refractivity contribution in [2.24, 2.45) is 5.41 Å². The van der Waals surface area contributed by atoms with E-state index in [4.69, 9.17) is 0 Å². The van der Waals surface area contributed by atoms with Crippen LogP contribution in [-0.2, 0) is 0 Å². The molecule has 1 aromatic rings. The third kappa shape index (κ3) is 4.18. The van der Waals surface area contributed by atoms with Gasteiger partial charge in [0, 0.05) is 13.1 Å². The Morgan fingerprint density at radius 3 is 2.35 bits per heavy atom. The van der Waals surface area contributed by atoms with Gasteiger partial charge in [-0.3, -0.25) is 0 Å². The Labute approximate surface area is 171 Å². The van der Waals surface area contributed by atoms with Gasteiger partial charge in [-0.25, -0.2) is 0 Å². The maximum atomic E-state index is 2.35. The van der Waals surface area contributed by atoms with Crippen molar-refractivity contribution >= 4 is 29.2 Å². The zero-order valence-electron chi connectivity index (χ0n) is 17.4. The first kappa shape index (κ1) is 21.1. The molecule has 144 valence electrons. The van der Waals surface area contributed by atoms with E-state index in [0.29, 0.717) is 0 Å². The summed E-state index contributed by atoms with van der Waals surface area (Å²) >= 11 is 3.75. The highest BCUT2D eigenvalue weighted by molar-refractivity contribution is 8.04. The number of thiophene rings is 1. The predicted octanol–water partition coefficient (Wildman–Crippen LogP) is 8.84. The first-order valence-electron chi connectivity index (χ1n) is 9.20. The van der Waals surface area contributed by atoms with E-state index in [2.05, 4.69) is 103 Å². The second kappa shape index (κ2) is 8.19. The number of allylic oxidation sites excluding steroid dienone is 7. The van der Waals surface area contributed by atoms with E-state index in [-0.39, 0.29) is 13.0 Å². The van der Waals surface area contributed by atoms with Crippen LogP contribution in [0.25, 0.3) is 6.08 Å². The molecule has 0 fully saturated rings. The van der Waals surface area contributed by atoms with Gasteiger partial charge in [-0.2, -0.15) is 0 Å². The van der Waals surface area contributed by atoms with Crippen LogP contribution in [0, 0.1) is 12.3 Å². The van der Waals surface area contributed by atoms with Gasteiger partial charge in [-0.15, -0.1) is 23.1 Å². The quantitative estimate of drug-likeness (QED) is 0.454. The molecule has 1 unspecified atom stereocenters. The first-order chi connectivity index (χ1) is 12.1. The van der Waals surface area contributed by atoms with Gasteiger partial charge in [0.05, 0.1) is 4.75 Å². The highest BCUT2D eigenvalue weighted by Crippen LogP contribution is 2.56. The van der Waals surface area contributed by atoms with E-state index in [1.165, 1.54) is 32.7 Å². The number of hydrogen-bond donors (Lipinski definition) is 0. The topological polar surface area (TPSA) is 0 Å². The molecular weight excluding hydrogens is 352 g/mol. The molecule has 1 atom stereocenters. The van der Waals surface area contributed by atoms with Crippen molar-refractivity contribution in [3.05, 3.63) is 73.9 Å². The molecule has 2 heterocycles. The summed E-state index contributed by atoms with van der Waals surface area (Å²) in [6.45, 7) is 17.8. The zero-order chi connectivity index (χ0) is 19.5. The van der Waals surface area contributed by atoms with Crippen LogP contribution in [0.2, 0.25) is 0 Å². The third-order valence-electron chi connectivity index (χ3n) is 5.99. The molecule has 0 radical (unpaired) electrons. The predicted molar refractivity (Wildman–Crippen MR) is 127 cm³/mol. The summed E-state index contributed by atoms with van der Waals surface area (Å²) in [6, 6.07) is 2.16. The van der Waals surface area contributed by atoms with Crippen LogP contribution in [0.3, 0.4) is 0 Å². The van der Waals surface area contributed by atoms with Crippen molar-refractivity contribution in [3.63, 3.8) is 0 Å². The van der Waals surface area contributed by atoms with Crippen LogP contribution in [-0.4, -0.2) is 4.75 Å². The lowest BCUT2D eigenvalue weighted by atomic mass is 9.67. The largest absolute Gasteiger partial charge is 0.149 e. The number of aryl methyl sites for hydroxylation is 1. The number of fused-ring (bicyclic) bond motifs is 1. The van der Waals surface area contributed by atoms with Crippen LogP contribution in [0.5, 0.6) is 0 Å². The summed E-state index contributed by atoms with van der Waals surface area (Å²) in [4.78, 5) is 1.39. The van der Waals surface area contributed by atoms with Crippen LogP contribution in [0.15, 0.2) is 63.5 Å². The number of hydrogen-bond acceptors (Lipinski definition) is 2. The van der Waals surface area contributed by atoms with Gasteiger partial charge in [0.15, 0.2) is 0 Å². The van der Waals surface area contributed by atoms with Crippen molar-refractivity contribution in [3.8, 4) is 0 Å². The van der Waals surface area contributed by atoms with E-state index in [9.17, 15) is 0 Å². The van der Waals surface area contributed by atoms with Gasteiger partial charge in [0.25, 0.3) is 0 Å². The average molecular weight is 391 g/mol. The molecule has 0 N–H and O–H groups in total. The Bertz CT molecular complexity index is 815. The van der Waals surface area contributed by atoms with Crippen LogP contribution in [0.1, 0.15) is 61.8 Å². The SMILES string of the molecule is CC(C)=C(C)/C=C\c1ccsc1C.CC1=CC=C2C=CSC2(C)C1(C)C.[2HH].[2HH]. The lowest BCUT2D eigenvalue weighted by Crippen LogP contribution is -2.40. The van der Waals surface area contributed by atoms with Crippen molar-refractivity contribution in [1.82, 2.24) is 0 Å². The standard InChI is InChI=1S/2C12H16S.2H2/c1-9-5-6-10-7-8-13-12(10,4)11(9,2)3;1-9(2)10(3)5-6-12-7-8-13-11(12)4;;/h2*5-8H,1-4H3;2*1H/b;6-5-;;/i;;2*1+1. The number of thioether (sulfide) groups is 1. The van der Waals surface area contributed by atoms with Crippen LogP contribution >= 0.6 is 23.1 Å². The number of rotatable bonds is 2. The van der Waals surface area contributed by atoms with Crippen LogP contribution < -0.4 is 0 Å². The lowest BCUT2D eigenvalue weighted by molar-refractivity contribution is 0.365. The minimum atomic E-state index is 0. The lowest BCUT2D eigenvalue weighted by Gasteiger charge is -2.45. The molecule has 26 heavy (non-hydrogen) atoms. The minimum absolute atomic E-state index is 0. The van der Waals surface area contributed by atoms with E-state index in [1.54, 1.807) is 11.3 Å². The second-order valence-electron chi connectivity index (χ2n) is 8.00. The van der Waals surface area contributed by atoms with E-state index in [1.807, 2.05) is 11.8 Å². The molecule has 0 spiro atoms. The highest BCUT2D eigenvalue weighted by Gasteiger charge is 2.47. The van der Waals surface area contributed by atoms with Crippen LogP contribution in [0.4, 0.5) is 0 Å². The van der Waals surface area contributed by atoms with Crippen molar-refractivity contribution in [2.75, 3.05) is 0 Å². The molecule has 0 saturated heterocycles. The summed E-state index contributed by atoms with van der Waals surface area (Å²) < 4.78 is 0.256. The maximum Gasteiger partial charge on any atom is 0.0509 e. The molecule has 2 heteroatoms. The monoisotopic (exact) mass is 390 g/mol. The molecule has 0 saturated carbocycles. The molecular formula is C24H36S2. The summed E-state index contributed by atoms with van der Waals surface area (Å²) in [6.07, 6.45) is 11.1. The van der Waals surface area contributed by atoms with Gasteiger partial charge < -0.3 is 0 Å². The fourth-order valence-corrected chi connectivity index (χ4v) is 4.85. The Hall–Kier alpha value is -1.25. The smallest absolute Gasteiger partial charge is 0.0509 e. The van der Waals surface area contributed by atoms with E-state index in [0.717, 1.165) is 0 Å². The Morgan fingerprint density at radius 1 is 1.08 bits per heavy atom. The Balaban J connectivity index is 0.000000486. The summed E-state index contributed by atoms with van der Waals surface area (Å²) in [7, 11) is 0. The highest BCUT2D eigenvalue weighted by atomic mass is 32.2. The molecule has 0 aromatic carbocycles. The van der Waals surface area contributed by atoms with Crippen molar-refractivity contribution in [1.29, 1.82) is 0 Å². The van der Waals surface area contributed by atoms with Crippen molar-refractivity contribution < 1.29 is 2.85 Å². The minimum Gasteiger partial charge on any atom is -0.149 e. The Morgan fingerprint density at radius 2 is 1.77 bits per heavy atom. The molecule has 1 aliphatic heterocycles. The summed E-state index contributed by atoms with van der Waals surface area (Å²) in [5.74, 6) is 0. The Kier molecular flexibility index (Phi) is 6.63. The van der Waals surface area contributed by atoms with Crippen molar-refractivity contribution in [2.45, 2.75) is 60.1 Å². The fourth-order valence-electron chi connectivity index (χ4n) is 2.94. The molecule has 1 aliphatic carbocycles. The zero-order valence-corrected chi connectivity index (χ0v) is 19.1. The second-order valence-corrected chi connectivity index (χ2v) is 10.4. The van der Waals surface area contributed by atoms with Gasteiger partial charge >= 0.3 is 0 Å². The first-order valence-corrected chi connectivity index (χ1v) is 11.0. The molecule has 2 aliphatic rings. The van der Waals surface area contributed by atoms with Gasteiger partial charge in [-0.1, -0.05) is 60.9 Å². The normalized spacial score (nSPS) is 23.1. The molecule has 3 rings (SSSR count). The molecule has 0 bridgehead atoms. The molecule has 0 amide bonds. The summed E-state index contributed by atoms with van der Waals surface area (Å²) in [5, 5.41) is 4.35. The maximum absolute atomic E-state index is 2.35. The van der Waals surface area contributed by atoms with Gasteiger partial charge in [0.1, 0.15) is 0 Å². The molecule has 1 aromatic heterocycles. The van der Waals surface area contributed by atoms with E-state index < -0.39 is 0 Å².